The van der Waals surface area contributed by atoms with Crippen molar-refractivity contribution < 1.29 is 18.6 Å². The Morgan fingerprint density at radius 1 is 1.25 bits per heavy atom. The third-order valence-corrected chi connectivity index (χ3v) is 4.56. The summed E-state index contributed by atoms with van der Waals surface area (Å²) in [7, 11) is 1.36. The number of halogens is 2. The minimum absolute atomic E-state index is 0.115. The van der Waals surface area contributed by atoms with Gasteiger partial charge in [-0.05, 0) is 24.2 Å². The molecule has 1 aliphatic carbocycles. The zero-order chi connectivity index (χ0) is 14.9. The molecule has 2 atom stereocenters. The Balaban J connectivity index is 2.35. The third kappa shape index (κ3) is 2.80. The molecule has 1 aromatic rings. The number of benzene rings is 1. The Bertz CT molecular complexity index is 462. The molecule has 2 rings (SSSR count). The lowest BCUT2D eigenvalue weighted by molar-refractivity contribution is -0.0000338. The van der Waals surface area contributed by atoms with Gasteiger partial charge in [0.1, 0.15) is 17.4 Å². The van der Waals surface area contributed by atoms with Crippen molar-refractivity contribution in [2.24, 2.45) is 11.3 Å². The first-order chi connectivity index (χ1) is 9.36. The van der Waals surface area contributed by atoms with E-state index in [4.69, 9.17) is 4.74 Å². The van der Waals surface area contributed by atoms with Crippen molar-refractivity contribution in [1.29, 1.82) is 0 Å². The Hall–Kier alpha value is -1.16. The second-order valence-electron chi connectivity index (χ2n) is 6.29. The van der Waals surface area contributed by atoms with Gasteiger partial charge in [-0.15, -0.1) is 0 Å². The van der Waals surface area contributed by atoms with Gasteiger partial charge in [0.05, 0.1) is 18.8 Å². The van der Waals surface area contributed by atoms with Crippen molar-refractivity contribution >= 4 is 0 Å². The van der Waals surface area contributed by atoms with Crippen LogP contribution in [0.25, 0.3) is 0 Å². The van der Waals surface area contributed by atoms with Crippen molar-refractivity contribution in [3.8, 4) is 5.75 Å². The van der Waals surface area contributed by atoms with Gasteiger partial charge < -0.3 is 9.84 Å². The lowest BCUT2D eigenvalue weighted by Gasteiger charge is -2.41. The number of ether oxygens (including phenoxy) is 1. The molecule has 1 N–H and O–H groups in total. The van der Waals surface area contributed by atoms with Crippen LogP contribution in [0.3, 0.4) is 0 Å². The monoisotopic (exact) mass is 284 g/mol. The quantitative estimate of drug-likeness (QED) is 0.900. The van der Waals surface area contributed by atoms with Crippen LogP contribution in [0.2, 0.25) is 0 Å². The predicted octanol–water partition coefficient (Wildman–Crippen LogP) is 4.22. The standard InChI is InChI=1S/C16H22F2O2/c1-16(2)7-5-4-6-11(16)15(19)14-12(17)8-10(20-3)9-13(14)18/h8-9,11,15,19H,4-7H2,1-3H3. The van der Waals surface area contributed by atoms with E-state index >= 15 is 0 Å². The fraction of sp³-hybridized carbons (Fsp3) is 0.625. The number of hydrogen-bond acceptors (Lipinski definition) is 2. The smallest absolute Gasteiger partial charge is 0.135 e. The maximum Gasteiger partial charge on any atom is 0.135 e. The minimum Gasteiger partial charge on any atom is -0.497 e. The summed E-state index contributed by atoms with van der Waals surface area (Å²) in [5.41, 5.74) is -0.345. The largest absolute Gasteiger partial charge is 0.497 e. The van der Waals surface area contributed by atoms with Gasteiger partial charge in [-0.25, -0.2) is 8.78 Å². The highest BCUT2D eigenvalue weighted by atomic mass is 19.1. The molecule has 4 heteroatoms. The van der Waals surface area contributed by atoms with Gasteiger partial charge in [-0.1, -0.05) is 26.7 Å². The van der Waals surface area contributed by atoms with Gasteiger partial charge in [0, 0.05) is 12.1 Å². The Morgan fingerprint density at radius 2 is 1.85 bits per heavy atom. The molecule has 1 saturated carbocycles. The average molecular weight is 284 g/mol. The first kappa shape index (κ1) is 15.2. The van der Waals surface area contributed by atoms with E-state index in [-0.39, 0.29) is 22.6 Å². The normalized spacial score (nSPS) is 23.4. The second kappa shape index (κ2) is 5.68. The van der Waals surface area contributed by atoms with E-state index in [1.54, 1.807) is 0 Å². The second-order valence-corrected chi connectivity index (χ2v) is 6.29. The predicted molar refractivity (Wildman–Crippen MR) is 73.6 cm³/mol. The van der Waals surface area contributed by atoms with Crippen molar-refractivity contribution in [2.45, 2.75) is 45.6 Å². The van der Waals surface area contributed by atoms with E-state index in [1.165, 1.54) is 7.11 Å². The first-order valence-electron chi connectivity index (χ1n) is 7.08. The maximum absolute atomic E-state index is 14.1. The summed E-state index contributed by atoms with van der Waals surface area (Å²) in [6.07, 6.45) is 2.73. The Morgan fingerprint density at radius 3 is 2.35 bits per heavy atom. The summed E-state index contributed by atoms with van der Waals surface area (Å²) in [6, 6.07) is 2.24. The summed E-state index contributed by atoms with van der Waals surface area (Å²) >= 11 is 0. The van der Waals surface area contributed by atoms with E-state index in [0.29, 0.717) is 0 Å². The molecule has 2 nitrogen and oxygen atoms in total. The van der Waals surface area contributed by atoms with E-state index < -0.39 is 17.7 Å². The molecule has 0 spiro atoms. The minimum atomic E-state index is -1.11. The van der Waals surface area contributed by atoms with Gasteiger partial charge >= 0.3 is 0 Å². The molecule has 0 aliphatic heterocycles. The van der Waals surface area contributed by atoms with Crippen molar-refractivity contribution in [3.05, 3.63) is 29.3 Å². The summed E-state index contributed by atoms with van der Waals surface area (Å²) in [4.78, 5) is 0. The number of rotatable bonds is 3. The van der Waals surface area contributed by atoms with Crippen LogP contribution in [0.4, 0.5) is 8.78 Å². The highest BCUT2D eigenvalue weighted by Crippen LogP contribution is 2.47. The van der Waals surface area contributed by atoms with Gasteiger partial charge in [0.15, 0.2) is 0 Å². The fourth-order valence-electron chi connectivity index (χ4n) is 3.27. The highest BCUT2D eigenvalue weighted by molar-refractivity contribution is 5.32. The molecule has 20 heavy (non-hydrogen) atoms. The molecule has 1 aliphatic rings. The fourth-order valence-corrected chi connectivity index (χ4v) is 3.27. The van der Waals surface area contributed by atoms with Crippen LogP contribution >= 0.6 is 0 Å². The van der Waals surface area contributed by atoms with E-state index in [1.807, 2.05) is 0 Å². The number of aliphatic hydroxyl groups excluding tert-OH is 1. The Labute approximate surface area is 118 Å². The first-order valence-corrected chi connectivity index (χ1v) is 7.08. The summed E-state index contributed by atoms with van der Waals surface area (Å²) in [6.45, 7) is 4.11. The molecular weight excluding hydrogens is 262 g/mol. The van der Waals surface area contributed by atoms with Crippen LogP contribution in [-0.2, 0) is 0 Å². The lowest BCUT2D eigenvalue weighted by Crippen LogP contribution is -2.33. The topological polar surface area (TPSA) is 29.5 Å². The number of methoxy groups -OCH3 is 1. The van der Waals surface area contributed by atoms with Crippen LogP contribution in [0, 0.1) is 23.0 Å². The van der Waals surface area contributed by atoms with Gasteiger partial charge in [0.25, 0.3) is 0 Å². The van der Waals surface area contributed by atoms with Crippen LogP contribution in [0.1, 0.15) is 51.2 Å². The van der Waals surface area contributed by atoms with Gasteiger partial charge in [0.2, 0.25) is 0 Å². The van der Waals surface area contributed by atoms with E-state index in [9.17, 15) is 13.9 Å². The number of aliphatic hydroxyl groups is 1. The third-order valence-electron chi connectivity index (χ3n) is 4.56. The molecule has 0 aromatic heterocycles. The highest BCUT2D eigenvalue weighted by Gasteiger charge is 2.39. The Kier molecular flexibility index (Phi) is 4.33. The molecule has 2 unspecified atom stereocenters. The van der Waals surface area contributed by atoms with Gasteiger partial charge in [-0.3, -0.25) is 0 Å². The van der Waals surface area contributed by atoms with Crippen LogP contribution in [-0.4, -0.2) is 12.2 Å². The molecule has 0 heterocycles. The van der Waals surface area contributed by atoms with Crippen molar-refractivity contribution in [3.63, 3.8) is 0 Å². The molecule has 1 aromatic carbocycles. The summed E-state index contributed by atoms with van der Waals surface area (Å²) in [5, 5.41) is 10.5. The lowest BCUT2D eigenvalue weighted by atomic mass is 9.65. The van der Waals surface area contributed by atoms with Crippen molar-refractivity contribution in [1.82, 2.24) is 0 Å². The SMILES string of the molecule is COc1cc(F)c(C(O)C2CCCCC2(C)C)c(F)c1. The zero-order valence-corrected chi connectivity index (χ0v) is 12.2. The average Bonchev–Trinajstić information content (AvgIpc) is 2.36. The van der Waals surface area contributed by atoms with Gasteiger partial charge in [-0.2, -0.15) is 0 Å². The molecule has 112 valence electrons. The summed E-state index contributed by atoms with van der Waals surface area (Å²) < 4.78 is 33.0. The molecule has 0 bridgehead atoms. The number of hydrogen-bond donors (Lipinski definition) is 1. The molecule has 1 fully saturated rings. The molecule has 0 amide bonds. The van der Waals surface area contributed by atoms with Crippen LogP contribution in [0.5, 0.6) is 5.75 Å². The molecular formula is C16H22F2O2. The zero-order valence-electron chi connectivity index (χ0n) is 12.2. The van der Waals surface area contributed by atoms with Crippen LogP contribution < -0.4 is 4.74 Å². The molecule has 0 saturated heterocycles. The van der Waals surface area contributed by atoms with E-state index in [2.05, 4.69) is 13.8 Å². The maximum atomic E-state index is 14.1. The van der Waals surface area contributed by atoms with Crippen molar-refractivity contribution in [2.75, 3.05) is 7.11 Å². The molecule has 0 radical (unpaired) electrons. The van der Waals surface area contributed by atoms with E-state index in [0.717, 1.165) is 37.8 Å². The summed E-state index contributed by atoms with van der Waals surface area (Å²) in [5.74, 6) is -1.49. The van der Waals surface area contributed by atoms with Crippen LogP contribution in [0.15, 0.2) is 12.1 Å².